The van der Waals surface area contributed by atoms with Crippen molar-refractivity contribution in [3.8, 4) is 0 Å². The highest BCUT2D eigenvalue weighted by Crippen LogP contribution is 2.35. The third kappa shape index (κ3) is 14.5. The molecule has 0 saturated carbocycles. The van der Waals surface area contributed by atoms with Crippen molar-refractivity contribution in [2.75, 3.05) is 56.5 Å². The Balaban J connectivity index is 0.000000368. The maximum absolute atomic E-state index is 11.5. The van der Waals surface area contributed by atoms with Gasteiger partial charge in [0, 0.05) is 44.2 Å². The minimum atomic E-state index is 0.0285. The first kappa shape index (κ1) is 46.0. The van der Waals surface area contributed by atoms with Gasteiger partial charge >= 0.3 is 0 Å². The minimum Gasteiger partial charge on any atom is -0.383 e. The number of nitrogens with one attached hydrogen (secondary N) is 1. The van der Waals surface area contributed by atoms with Crippen LogP contribution in [0, 0.1) is 25.3 Å². The molecule has 1 aliphatic rings. The van der Waals surface area contributed by atoms with Crippen LogP contribution >= 0.6 is 72.8 Å². The molecule has 5 nitrogen and oxygen atoms in total. The van der Waals surface area contributed by atoms with E-state index in [0.29, 0.717) is 25.3 Å². The van der Waals surface area contributed by atoms with Gasteiger partial charge in [0.2, 0.25) is 10.9 Å². The van der Waals surface area contributed by atoms with Crippen LogP contribution in [0.15, 0.2) is 42.1 Å². The van der Waals surface area contributed by atoms with E-state index in [-0.39, 0.29) is 10.9 Å². The Bertz CT molecular complexity index is 1600. The van der Waals surface area contributed by atoms with E-state index in [1.807, 2.05) is 19.6 Å². The van der Waals surface area contributed by atoms with Crippen LogP contribution in [0.5, 0.6) is 0 Å². The summed E-state index contributed by atoms with van der Waals surface area (Å²) in [5.74, 6) is 0. The van der Waals surface area contributed by atoms with Gasteiger partial charge in [-0.1, -0.05) is 106 Å². The van der Waals surface area contributed by atoms with Crippen molar-refractivity contribution < 1.29 is 0 Å². The topological polar surface area (TPSA) is 52.6 Å². The predicted molar refractivity (Wildman–Crippen MR) is 234 cm³/mol. The first-order valence-corrected chi connectivity index (χ1v) is 21.1. The van der Waals surface area contributed by atoms with Crippen LogP contribution in [0.3, 0.4) is 0 Å². The van der Waals surface area contributed by atoms with Gasteiger partial charge in [-0.15, -0.1) is 36.2 Å². The van der Waals surface area contributed by atoms with E-state index in [1.54, 1.807) is 0 Å². The van der Waals surface area contributed by atoms with E-state index in [4.69, 9.17) is 36.7 Å². The highest BCUT2D eigenvalue weighted by atomic mass is 32.2. The van der Waals surface area contributed by atoms with Crippen molar-refractivity contribution in [1.82, 2.24) is 4.90 Å². The first-order valence-electron chi connectivity index (χ1n) is 17.0. The van der Waals surface area contributed by atoms with Gasteiger partial charge in [-0.05, 0) is 67.3 Å². The number of rotatable bonds is 14. The molecular weight excluding hydrogens is 723 g/mol. The van der Waals surface area contributed by atoms with Crippen molar-refractivity contribution in [3.63, 3.8) is 0 Å². The van der Waals surface area contributed by atoms with Gasteiger partial charge in [-0.2, -0.15) is 0 Å². The molecule has 0 atom stereocenters. The molecule has 49 heavy (non-hydrogen) atoms. The molecule has 2 aromatic rings. The van der Waals surface area contributed by atoms with Gasteiger partial charge in [0.05, 0.1) is 31.7 Å². The number of nitrogens with zero attached hydrogens (tertiary/aromatic N) is 2. The molecule has 0 aliphatic heterocycles. The third-order valence-electron chi connectivity index (χ3n) is 8.13. The molecule has 0 spiro atoms. The van der Waals surface area contributed by atoms with E-state index in [9.17, 15) is 9.59 Å². The molecule has 0 radical (unpaired) electrons. The van der Waals surface area contributed by atoms with Crippen LogP contribution in [-0.2, 0) is 0 Å². The summed E-state index contributed by atoms with van der Waals surface area (Å²) in [5, 5.41) is 3.27. The largest absolute Gasteiger partial charge is 0.383 e. The third-order valence-corrected chi connectivity index (χ3v) is 11.4. The highest BCUT2D eigenvalue weighted by molar-refractivity contribution is 7.99. The molecule has 1 aliphatic carbocycles. The van der Waals surface area contributed by atoms with Crippen LogP contribution in [0.4, 0.5) is 11.4 Å². The maximum atomic E-state index is 11.5. The molecule has 11 heteroatoms. The Hall–Kier alpha value is -0.980. The number of hydrogen-bond acceptors (Lipinski definition) is 11. The molecule has 0 aromatic heterocycles. The standard InChI is InChI=1S/C13H21NOS2.C13H21NS2.C12H19NOS2/c1-13(2,3)7-6-8-14(4)9-11(16)10(15)12(9)17-5;1-9-11(15)10(12(9)16)14(5)8-6-7-13(2,3)4;1-12(2,3)6-5-7-13-8-10(15)9(14)11(8)16-4/h6-8H2,1-5H3;15H,1,6-8H2,2-5H3;13H,5-7H2,1-4H3. The van der Waals surface area contributed by atoms with Crippen LogP contribution in [0.1, 0.15) is 101 Å². The molecule has 276 valence electrons. The Morgan fingerprint density at radius 3 is 1.57 bits per heavy atom. The lowest BCUT2D eigenvalue weighted by atomic mass is 9.90. The normalized spacial score (nSPS) is 13.5. The molecule has 2 aromatic carbocycles. The average molecular weight is 784 g/mol. The fourth-order valence-electron chi connectivity index (χ4n) is 5.16. The average Bonchev–Trinajstić information content (AvgIpc) is 2.98. The summed E-state index contributed by atoms with van der Waals surface area (Å²) in [7, 11) is 4.10. The summed E-state index contributed by atoms with van der Waals surface area (Å²) in [5.41, 5.74) is 5.09. The van der Waals surface area contributed by atoms with Crippen LogP contribution in [-0.4, -0.2) is 56.0 Å². The Labute approximate surface area is 327 Å². The molecule has 0 unspecified atom stereocenters. The molecular formula is C38H61N3O2S6. The smallest absolute Gasteiger partial charge is 0.214 e. The predicted octanol–water partition coefficient (Wildman–Crippen LogP) is 11.1. The number of thiol groups is 1. The molecule has 3 rings (SSSR count). The van der Waals surface area contributed by atoms with Crippen molar-refractivity contribution in [1.29, 1.82) is 0 Å². The second-order valence-electron chi connectivity index (χ2n) is 16.4. The van der Waals surface area contributed by atoms with Crippen molar-refractivity contribution >= 4 is 89.0 Å². The van der Waals surface area contributed by atoms with Gasteiger partial charge in [-0.3, -0.25) is 9.59 Å². The number of hydrogen-bond donors (Lipinski definition) is 2. The van der Waals surface area contributed by atoms with Crippen LogP contribution < -0.4 is 21.1 Å². The zero-order valence-electron chi connectivity index (χ0n) is 32.3. The highest BCUT2D eigenvalue weighted by Gasteiger charge is 2.28. The molecule has 0 bridgehead atoms. The second-order valence-corrected chi connectivity index (χ2v) is 19.7. The van der Waals surface area contributed by atoms with E-state index < -0.39 is 0 Å². The summed E-state index contributed by atoms with van der Waals surface area (Å²) in [4.78, 5) is 30.6. The minimum absolute atomic E-state index is 0.0285. The second kappa shape index (κ2) is 19.7. The van der Waals surface area contributed by atoms with E-state index >= 15 is 0 Å². The summed E-state index contributed by atoms with van der Waals surface area (Å²) in [6.07, 6.45) is 10.8. The van der Waals surface area contributed by atoms with Gasteiger partial charge in [0.15, 0.2) is 0 Å². The lowest BCUT2D eigenvalue weighted by Gasteiger charge is -2.33. The van der Waals surface area contributed by atoms with E-state index in [1.165, 1.54) is 49.2 Å². The molecule has 0 amide bonds. The Kier molecular flexibility index (Phi) is 18.6. The van der Waals surface area contributed by atoms with Crippen LogP contribution in [0.2, 0.25) is 0 Å². The first-order chi connectivity index (χ1) is 22.4. The summed E-state index contributed by atoms with van der Waals surface area (Å²) >= 11 is 22.8. The maximum Gasteiger partial charge on any atom is 0.214 e. The Morgan fingerprint density at radius 2 is 1.14 bits per heavy atom. The number of thiocarbonyl (C=S) groups is 1. The fourth-order valence-corrected chi connectivity index (χ4v) is 8.37. The zero-order valence-corrected chi connectivity index (χ0v) is 37.2. The van der Waals surface area contributed by atoms with Crippen LogP contribution in [0.25, 0.3) is 0 Å². The monoisotopic (exact) mass is 783 g/mol. The Morgan fingerprint density at radius 1 is 0.714 bits per heavy atom. The van der Waals surface area contributed by atoms with Gasteiger partial charge in [0.1, 0.15) is 9.02 Å². The quantitative estimate of drug-likeness (QED) is 0.0637. The zero-order chi connectivity index (χ0) is 38.1. The van der Waals surface area contributed by atoms with Gasteiger partial charge in [0.25, 0.3) is 0 Å². The van der Waals surface area contributed by atoms with E-state index in [0.717, 1.165) is 74.7 Å². The van der Waals surface area contributed by atoms with Crippen molar-refractivity contribution in [2.24, 2.45) is 16.2 Å². The molecule has 0 fully saturated rings. The lowest BCUT2D eigenvalue weighted by Crippen LogP contribution is -2.32. The van der Waals surface area contributed by atoms with E-state index in [2.05, 4.69) is 104 Å². The number of thioether (sulfide) groups is 2. The molecule has 0 heterocycles. The molecule has 1 N–H and O–H groups in total. The number of allylic oxidation sites excluding steroid dienone is 2. The lowest BCUT2D eigenvalue weighted by molar-refractivity contribution is 0.327. The van der Waals surface area contributed by atoms with Gasteiger partial charge < -0.3 is 15.1 Å². The van der Waals surface area contributed by atoms with Gasteiger partial charge in [-0.25, -0.2) is 0 Å². The summed E-state index contributed by atoms with van der Waals surface area (Å²) < 4.78 is 0.979. The molecule has 0 saturated heterocycles. The number of anilines is 2. The van der Waals surface area contributed by atoms with Crippen molar-refractivity contribution in [2.45, 2.75) is 111 Å². The summed E-state index contributed by atoms with van der Waals surface area (Å²) in [6.45, 7) is 27.0. The van der Waals surface area contributed by atoms with Crippen molar-refractivity contribution in [3.05, 3.63) is 52.2 Å². The SMILES string of the molecule is C=C1C(=S)C(N(C)CCCC(C)(C)C)=C1S.CSc1c(N(C)CCCC(C)(C)C)c(=S)c1=O.CSc1c(NCCCC(C)(C)C)c(=S)c1=O. The fraction of sp³-hybridized carbons (Fsp3) is 0.658. The summed E-state index contributed by atoms with van der Waals surface area (Å²) in [6, 6.07) is 0.